The van der Waals surface area contributed by atoms with Gasteiger partial charge in [-0.1, -0.05) is 18.2 Å². The zero-order valence-corrected chi connectivity index (χ0v) is 11.4. The van der Waals surface area contributed by atoms with Gasteiger partial charge in [0.2, 0.25) is 5.91 Å². The topological polar surface area (TPSA) is 50.4 Å². The Balaban J connectivity index is 1.67. The molecule has 2 rings (SSSR count). The summed E-state index contributed by atoms with van der Waals surface area (Å²) in [7, 11) is 0. The monoisotopic (exact) mass is 262 g/mol. The third-order valence-electron chi connectivity index (χ3n) is 3.12. The molecule has 0 saturated heterocycles. The Bertz CT molecular complexity index is 416. The number of rotatable bonds is 8. The third kappa shape index (κ3) is 5.41. The molecule has 0 spiro atoms. The van der Waals surface area contributed by atoms with Crippen molar-refractivity contribution in [1.29, 1.82) is 0 Å². The van der Waals surface area contributed by atoms with Gasteiger partial charge in [0.15, 0.2) is 0 Å². The molecule has 0 heterocycles. The summed E-state index contributed by atoms with van der Waals surface area (Å²) in [5.41, 5.74) is 1.97. The second kappa shape index (κ2) is 7.26. The van der Waals surface area contributed by atoms with Gasteiger partial charge in [-0.15, -0.1) is 0 Å². The van der Waals surface area contributed by atoms with Crippen LogP contribution in [0.4, 0.5) is 5.69 Å². The summed E-state index contributed by atoms with van der Waals surface area (Å²) in [6.45, 7) is 4.75. The number of benzene rings is 1. The van der Waals surface area contributed by atoms with Crippen LogP contribution in [0.15, 0.2) is 24.3 Å². The average molecular weight is 262 g/mol. The number of amides is 1. The van der Waals surface area contributed by atoms with Crippen molar-refractivity contribution in [3.8, 4) is 0 Å². The first-order chi connectivity index (χ1) is 9.25. The van der Waals surface area contributed by atoms with Crippen molar-refractivity contribution in [1.82, 2.24) is 5.32 Å². The van der Waals surface area contributed by atoms with Gasteiger partial charge >= 0.3 is 0 Å². The van der Waals surface area contributed by atoms with E-state index < -0.39 is 0 Å². The molecule has 0 radical (unpaired) electrons. The molecule has 19 heavy (non-hydrogen) atoms. The van der Waals surface area contributed by atoms with E-state index in [1.807, 2.05) is 24.3 Å². The second-order valence-corrected chi connectivity index (χ2v) is 5.03. The molecular weight excluding hydrogens is 240 g/mol. The number of carbonyl (C=O) groups excluding carboxylic acids is 1. The van der Waals surface area contributed by atoms with Crippen LogP contribution in [0.5, 0.6) is 0 Å². The fourth-order valence-electron chi connectivity index (χ4n) is 1.89. The lowest BCUT2D eigenvalue weighted by Crippen LogP contribution is -2.21. The molecule has 1 aliphatic carbocycles. The number of ether oxygens (including phenoxy) is 1. The van der Waals surface area contributed by atoms with E-state index in [1.54, 1.807) is 0 Å². The number of para-hydroxylation sites is 1. The smallest absolute Gasteiger partial charge is 0.221 e. The molecule has 0 aliphatic heterocycles. The van der Waals surface area contributed by atoms with Crippen LogP contribution in [0.3, 0.4) is 0 Å². The Hall–Kier alpha value is -1.39. The first-order valence-corrected chi connectivity index (χ1v) is 6.89. The molecule has 0 atom stereocenters. The van der Waals surface area contributed by atoms with Gasteiger partial charge in [-0.25, -0.2) is 0 Å². The predicted molar refractivity (Wildman–Crippen MR) is 76.0 cm³/mol. The van der Waals surface area contributed by atoms with E-state index in [4.69, 9.17) is 4.74 Å². The van der Waals surface area contributed by atoms with E-state index >= 15 is 0 Å². The van der Waals surface area contributed by atoms with Crippen molar-refractivity contribution in [3.63, 3.8) is 0 Å². The zero-order chi connectivity index (χ0) is 13.5. The van der Waals surface area contributed by atoms with Crippen molar-refractivity contribution < 1.29 is 9.53 Å². The van der Waals surface area contributed by atoms with E-state index in [1.165, 1.54) is 19.8 Å². The molecule has 0 aromatic heterocycles. The highest BCUT2D eigenvalue weighted by atomic mass is 16.5. The molecule has 1 amide bonds. The SMILES string of the molecule is CC(=O)Nc1ccccc1CNCCOCC1CC1. The minimum absolute atomic E-state index is 0.0415. The molecule has 0 bridgehead atoms. The van der Waals surface area contributed by atoms with Gasteiger partial charge in [-0.2, -0.15) is 0 Å². The summed E-state index contributed by atoms with van der Waals surface area (Å²) in [4.78, 5) is 11.1. The maximum Gasteiger partial charge on any atom is 0.221 e. The van der Waals surface area contributed by atoms with Crippen LogP contribution in [0, 0.1) is 5.92 Å². The van der Waals surface area contributed by atoms with Crippen LogP contribution in [0.2, 0.25) is 0 Å². The highest BCUT2D eigenvalue weighted by molar-refractivity contribution is 5.89. The van der Waals surface area contributed by atoms with Gasteiger partial charge < -0.3 is 15.4 Å². The number of hydrogen-bond donors (Lipinski definition) is 2. The highest BCUT2D eigenvalue weighted by Gasteiger charge is 2.20. The van der Waals surface area contributed by atoms with Gasteiger partial charge in [0.1, 0.15) is 0 Å². The molecule has 1 fully saturated rings. The van der Waals surface area contributed by atoms with Gasteiger partial charge in [-0.3, -0.25) is 4.79 Å². The third-order valence-corrected chi connectivity index (χ3v) is 3.12. The molecule has 4 nitrogen and oxygen atoms in total. The predicted octanol–water partition coefficient (Wildman–Crippen LogP) is 2.16. The summed E-state index contributed by atoms with van der Waals surface area (Å²) >= 11 is 0. The van der Waals surface area contributed by atoms with E-state index in [0.717, 1.165) is 43.5 Å². The minimum Gasteiger partial charge on any atom is -0.380 e. The largest absolute Gasteiger partial charge is 0.380 e. The fourth-order valence-corrected chi connectivity index (χ4v) is 1.89. The van der Waals surface area contributed by atoms with Crippen LogP contribution in [-0.4, -0.2) is 25.7 Å². The number of anilines is 1. The van der Waals surface area contributed by atoms with E-state index in [2.05, 4.69) is 10.6 Å². The molecule has 104 valence electrons. The number of hydrogen-bond acceptors (Lipinski definition) is 3. The normalized spacial score (nSPS) is 14.4. The van der Waals surface area contributed by atoms with Crippen molar-refractivity contribution in [2.24, 2.45) is 5.92 Å². The lowest BCUT2D eigenvalue weighted by molar-refractivity contribution is -0.114. The van der Waals surface area contributed by atoms with Crippen molar-refractivity contribution >= 4 is 11.6 Å². The summed E-state index contributed by atoms with van der Waals surface area (Å²) < 4.78 is 5.56. The lowest BCUT2D eigenvalue weighted by Gasteiger charge is -2.11. The van der Waals surface area contributed by atoms with Gasteiger partial charge in [0.25, 0.3) is 0 Å². The Morgan fingerprint density at radius 3 is 2.89 bits per heavy atom. The molecule has 1 saturated carbocycles. The van der Waals surface area contributed by atoms with E-state index in [9.17, 15) is 4.79 Å². The van der Waals surface area contributed by atoms with Gasteiger partial charge in [0.05, 0.1) is 6.61 Å². The summed E-state index contributed by atoms with van der Waals surface area (Å²) in [6, 6.07) is 7.84. The van der Waals surface area contributed by atoms with Gasteiger partial charge in [0, 0.05) is 32.3 Å². The fraction of sp³-hybridized carbons (Fsp3) is 0.533. The maximum atomic E-state index is 11.1. The van der Waals surface area contributed by atoms with Crippen molar-refractivity contribution in [2.45, 2.75) is 26.3 Å². The highest BCUT2D eigenvalue weighted by Crippen LogP contribution is 2.28. The van der Waals surface area contributed by atoms with Crippen LogP contribution in [0.1, 0.15) is 25.3 Å². The van der Waals surface area contributed by atoms with Crippen LogP contribution in [0.25, 0.3) is 0 Å². The molecule has 2 N–H and O–H groups in total. The Kier molecular flexibility index (Phi) is 5.36. The van der Waals surface area contributed by atoms with Crippen LogP contribution >= 0.6 is 0 Å². The van der Waals surface area contributed by atoms with E-state index in [-0.39, 0.29) is 5.91 Å². The first-order valence-electron chi connectivity index (χ1n) is 6.89. The van der Waals surface area contributed by atoms with Crippen LogP contribution in [-0.2, 0) is 16.1 Å². The molecule has 4 heteroatoms. The quantitative estimate of drug-likeness (QED) is 0.706. The summed E-state index contributed by atoms with van der Waals surface area (Å²) in [5.74, 6) is 0.778. The van der Waals surface area contributed by atoms with E-state index in [0.29, 0.717) is 0 Å². The lowest BCUT2D eigenvalue weighted by atomic mass is 10.1. The molecule has 1 aromatic rings. The summed E-state index contributed by atoms with van der Waals surface area (Å²) in [6.07, 6.45) is 2.66. The number of nitrogens with one attached hydrogen (secondary N) is 2. The molecule has 1 aliphatic rings. The maximum absolute atomic E-state index is 11.1. The minimum atomic E-state index is -0.0415. The molecule has 1 aromatic carbocycles. The Morgan fingerprint density at radius 1 is 1.37 bits per heavy atom. The second-order valence-electron chi connectivity index (χ2n) is 5.03. The van der Waals surface area contributed by atoms with Crippen LogP contribution < -0.4 is 10.6 Å². The zero-order valence-electron chi connectivity index (χ0n) is 11.4. The Labute approximate surface area is 114 Å². The van der Waals surface area contributed by atoms with Gasteiger partial charge in [-0.05, 0) is 30.4 Å². The number of carbonyl (C=O) groups is 1. The summed E-state index contributed by atoms with van der Waals surface area (Å²) in [5, 5.41) is 6.17. The average Bonchev–Trinajstić information content (AvgIpc) is 3.19. The van der Waals surface area contributed by atoms with Crippen molar-refractivity contribution in [3.05, 3.63) is 29.8 Å². The van der Waals surface area contributed by atoms with Crippen molar-refractivity contribution in [2.75, 3.05) is 25.1 Å². The standard InChI is InChI=1S/C15H22N2O2/c1-12(18)17-15-5-3-2-4-14(15)10-16-8-9-19-11-13-6-7-13/h2-5,13,16H,6-11H2,1H3,(H,17,18). The first kappa shape index (κ1) is 14.0. The Morgan fingerprint density at radius 2 is 2.16 bits per heavy atom. The molecule has 0 unspecified atom stereocenters. The molecular formula is C15H22N2O2.